The number of esters is 1. The van der Waals surface area contributed by atoms with E-state index in [1.807, 2.05) is 6.07 Å². The number of ether oxygens (including phenoxy) is 1. The number of nitrogens with two attached hydrogens (primary N) is 2. The molecule has 5 nitrogen and oxygen atoms in total. The predicted molar refractivity (Wildman–Crippen MR) is 69.8 cm³/mol. The minimum absolute atomic E-state index is 0.231. The third-order valence-electron chi connectivity index (χ3n) is 2.61. The van der Waals surface area contributed by atoms with Gasteiger partial charge in [-0.15, -0.1) is 0 Å². The molecule has 0 aliphatic carbocycles. The molecule has 5 heteroatoms. The summed E-state index contributed by atoms with van der Waals surface area (Å²) < 4.78 is 4.67. The predicted octanol–water partition coefficient (Wildman–Crippen LogP) is 1.70. The smallest absolute Gasteiger partial charge is 0.340 e. The quantitative estimate of drug-likeness (QED) is 0.618. The van der Waals surface area contributed by atoms with Gasteiger partial charge in [0.25, 0.3) is 0 Å². The lowest BCUT2D eigenvalue weighted by atomic mass is 10.0. The lowest BCUT2D eigenvalue weighted by molar-refractivity contribution is 0.0602. The van der Waals surface area contributed by atoms with Crippen LogP contribution >= 0.6 is 0 Å². The molecule has 0 saturated heterocycles. The van der Waals surface area contributed by atoms with Gasteiger partial charge in [0.2, 0.25) is 0 Å². The van der Waals surface area contributed by atoms with E-state index in [-0.39, 0.29) is 11.3 Å². The number of hydrogen-bond acceptors (Lipinski definition) is 5. The second-order valence-corrected chi connectivity index (χ2v) is 3.76. The number of nitrogen functional groups attached to an aromatic ring is 2. The first-order valence-electron chi connectivity index (χ1n) is 5.31. The van der Waals surface area contributed by atoms with Crippen molar-refractivity contribution >= 4 is 17.3 Å². The first-order valence-corrected chi connectivity index (χ1v) is 5.31. The van der Waals surface area contributed by atoms with Gasteiger partial charge in [0.15, 0.2) is 0 Å². The summed E-state index contributed by atoms with van der Waals surface area (Å²) in [5.41, 5.74) is 14.0. The van der Waals surface area contributed by atoms with Crippen molar-refractivity contribution in [1.29, 1.82) is 0 Å². The highest BCUT2D eigenvalue weighted by molar-refractivity contribution is 6.00. The third-order valence-corrected chi connectivity index (χ3v) is 2.61. The zero-order chi connectivity index (χ0) is 13.1. The van der Waals surface area contributed by atoms with Gasteiger partial charge < -0.3 is 16.2 Å². The van der Waals surface area contributed by atoms with Crippen LogP contribution in [0.1, 0.15) is 10.4 Å². The first-order chi connectivity index (χ1) is 8.63. The minimum atomic E-state index is -0.509. The number of aromatic nitrogens is 1. The van der Waals surface area contributed by atoms with Gasteiger partial charge in [-0.3, -0.25) is 4.98 Å². The minimum Gasteiger partial charge on any atom is -0.465 e. The van der Waals surface area contributed by atoms with Crippen molar-refractivity contribution in [2.75, 3.05) is 18.6 Å². The molecule has 0 aliphatic rings. The average Bonchev–Trinajstić information content (AvgIpc) is 2.41. The Morgan fingerprint density at radius 2 is 2.06 bits per heavy atom. The Balaban J connectivity index is 2.58. The standard InChI is InChI=1S/C13H13N3O2/c1-18-13(17)10-5-9(6-11(14)12(10)15)8-3-2-4-16-7-8/h2-7H,14-15H2,1H3. The second kappa shape index (κ2) is 4.75. The van der Waals surface area contributed by atoms with E-state index in [4.69, 9.17) is 11.5 Å². The summed E-state index contributed by atoms with van der Waals surface area (Å²) in [5, 5.41) is 0. The van der Waals surface area contributed by atoms with E-state index >= 15 is 0 Å². The Kier molecular flexibility index (Phi) is 3.14. The van der Waals surface area contributed by atoms with Crippen LogP contribution in [0.4, 0.5) is 11.4 Å². The molecule has 1 aromatic carbocycles. The molecule has 18 heavy (non-hydrogen) atoms. The van der Waals surface area contributed by atoms with Crippen molar-refractivity contribution in [2.45, 2.75) is 0 Å². The van der Waals surface area contributed by atoms with Gasteiger partial charge in [0.05, 0.1) is 24.0 Å². The number of hydrogen-bond donors (Lipinski definition) is 2. The molecule has 0 amide bonds. The fraction of sp³-hybridized carbons (Fsp3) is 0.0769. The Morgan fingerprint density at radius 3 is 2.67 bits per heavy atom. The molecule has 2 aromatic rings. The molecule has 1 aromatic heterocycles. The van der Waals surface area contributed by atoms with E-state index in [9.17, 15) is 4.79 Å². The van der Waals surface area contributed by atoms with Crippen LogP contribution in [0.25, 0.3) is 11.1 Å². The number of pyridine rings is 1. The Hall–Kier alpha value is -2.56. The SMILES string of the molecule is COC(=O)c1cc(-c2cccnc2)cc(N)c1N. The fourth-order valence-electron chi connectivity index (χ4n) is 1.65. The van der Waals surface area contributed by atoms with Crippen LogP contribution in [0.15, 0.2) is 36.7 Å². The molecule has 0 saturated carbocycles. The van der Waals surface area contributed by atoms with Crippen LogP contribution in [-0.4, -0.2) is 18.1 Å². The van der Waals surface area contributed by atoms with Crippen molar-refractivity contribution in [3.63, 3.8) is 0 Å². The third kappa shape index (κ3) is 2.10. The Bertz CT molecular complexity index is 582. The van der Waals surface area contributed by atoms with Crippen LogP contribution in [0.3, 0.4) is 0 Å². The fourth-order valence-corrected chi connectivity index (χ4v) is 1.65. The Morgan fingerprint density at radius 1 is 1.28 bits per heavy atom. The van der Waals surface area contributed by atoms with Gasteiger partial charge in [-0.05, 0) is 23.8 Å². The van der Waals surface area contributed by atoms with Crippen LogP contribution in [0, 0.1) is 0 Å². The number of nitrogens with zero attached hydrogens (tertiary/aromatic N) is 1. The van der Waals surface area contributed by atoms with E-state index in [0.29, 0.717) is 5.69 Å². The van der Waals surface area contributed by atoms with Gasteiger partial charge in [0, 0.05) is 18.0 Å². The monoisotopic (exact) mass is 243 g/mol. The molecule has 4 N–H and O–H groups in total. The van der Waals surface area contributed by atoms with E-state index in [1.54, 1.807) is 30.6 Å². The average molecular weight is 243 g/mol. The molecule has 0 atom stereocenters. The van der Waals surface area contributed by atoms with E-state index in [1.165, 1.54) is 7.11 Å². The van der Waals surface area contributed by atoms with E-state index < -0.39 is 5.97 Å². The lowest BCUT2D eigenvalue weighted by Gasteiger charge is -2.10. The van der Waals surface area contributed by atoms with Crippen molar-refractivity contribution in [3.05, 3.63) is 42.2 Å². The highest BCUT2D eigenvalue weighted by Gasteiger charge is 2.14. The normalized spacial score (nSPS) is 10.1. The molecule has 92 valence electrons. The second-order valence-electron chi connectivity index (χ2n) is 3.76. The van der Waals surface area contributed by atoms with E-state index in [2.05, 4.69) is 9.72 Å². The largest absolute Gasteiger partial charge is 0.465 e. The van der Waals surface area contributed by atoms with Gasteiger partial charge in [-0.1, -0.05) is 6.07 Å². The topological polar surface area (TPSA) is 91.2 Å². The maximum atomic E-state index is 11.6. The number of carbonyl (C=O) groups is 1. The summed E-state index contributed by atoms with van der Waals surface area (Å²) in [6, 6.07) is 7.03. The molecule has 0 unspecified atom stereocenters. The highest BCUT2D eigenvalue weighted by Crippen LogP contribution is 2.29. The zero-order valence-electron chi connectivity index (χ0n) is 9.88. The molecule has 0 spiro atoms. The highest BCUT2D eigenvalue weighted by atomic mass is 16.5. The van der Waals surface area contributed by atoms with Crippen molar-refractivity contribution in [1.82, 2.24) is 4.98 Å². The van der Waals surface area contributed by atoms with Crippen LogP contribution in [-0.2, 0) is 4.74 Å². The summed E-state index contributed by atoms with van der Waals surface area (Å²) in [5.74, 6) is -0.509. The van der Waals surface area contributed by atoms with Crippen molar-refractivity contribution in [3.8, 4) is 11.1 Å². The molecule has 0 radical (unpaired) electrons. The van der Waals surface area contributed by atoms with Crippen molar-refractivity contribution < 1.29 is 9.53 Å². The van der Waals surface area contributed by atoms with Crippen LogP contribution in [0.2, 0.25) is 0 Å². The zero-order valence-corrected chi connectivity index (χ0v) is 9.88. The number of carbonyl (C=O) groups excluding carboxylic acids is 1. The molecule has 1 heterocycles. The number of benzene rings is 1. The summed E-state index contributed by atoms with van der Waals surface area (Å²) in [6.45, 7) is 0. The van der Waals surface area contributed by atoms with Gasteiger partial charge in [-0.2, -0.15) is 0 Å². The molecule has 0 bridgehead atoms. The van der Waals surface area contributed by atoms with Gasteiger partial charge in [0.1, 0.15) is 0 Å². The van der Waals surface area contributed by atoms with Crippen LogP contribution in [0.5, 0.6) is 0 Å². The number of methoxy groups -OCH3 is 1. The molecule has 0 aliphatic heterocycles. The summed E-state index contributed by atoms with van der Waals surface area (Å²) in [6.07, 6.45) is 3.36. The first kappa shape index (κ1) is 11.9. The van der Waals surface area contributed by atoms with Gasteiger partial charge >= 0.3 is 5.97 Å². The van der Waals surface area contributed by atoms with Crippen molar-refractivity contribution in [2.24, 2.45) is 0 Å². The summed E-state index contributed by atoms with van der Waals surface area (Å²) in [4.78, 5) is 15.6. The maximum absolute atomic E-state index is 11.6. The van der Waals surface area contributed by atoms with Crippen LogP contribution < -0.4 is 11.5 Å². The lowest BCUT2D eigenvalue weighted by Crippen LogP contribution is -2.08. The van der Waals surface area contributed by atoms with Gasteiger partial charge in [-0.25, -0.2) is 4.79 Å². The number of anilines is 2. The summed E-state index contributed by atoms with van der Waals surface area (Å²) in [7, 11) is 1.30. The molecular formula is C13H13N3O2. The summed E-state index contributed by atoms with van der Waals surface area (Å²) >= 11 is 0. The Labute approximate surface area is 104 Å². The van der Waals surface area contributed by atoms with E-state index in [0.717, 1.165) is 11.1 Å². The maximum Gasteiger partial charge on any atom is 0.340 e. The number of rotatable bonds is 2. The molecule has 0 fully saturated rings. The molecular weight excluding hydrogens is 230 g/mol. The molecule has 2 rings (SSSR count).